The minimum absolute atomic E-state index is 0.355. The molecule has 0 saturated carbocycles. The Morgan fingerprint density at radius 3 is 2.46 bits per heavy atom. The molecule has 2 nitrogen and oxygen atoms in total. The van der Waals surface area contributed by atoms with E-state index < -0.39 is 12.0 Å². The summed E-state index contributed by atoms with van der Waals surface area (Å²) >= 11 is 0. The highest BCUT2D eigenvalue weighted by molar-refractivity contribution is 5.22. The Kier molecular flexibility index (Phi) is 2.61. The Morgan fingerprint density at radius 1 is 1.46 bits per heavy atom. The summed E-state index contributed by atoms with van der Waals surface area (Å²) in [6.07, 6.45) is -1.20. The van der Waals surface area contributed by atoms with Gasteiger partial charge in [-0.3, -0.25) is 4.98 Å². The van der Waals surface area contributed by atoms with Crippen LogP contribution < -0.4 is 5.73 Å². The third-order valence-corrected chi connectivity index (χ3v) is 1.99. The van der Waals surface area contributed by atoms with Crippen molar-refractivity contribution in [2.45, 2.75) is 25.8 Å². The highest BCUT2D eigenvalue weighted by Gasteiger charge is 2.32. The van der Waals surface area contributed by atoms with Crippen molar-refractivity contribution in [2.75, 3.05) is 0 Å². The Labute approximate surface area is 75.8 Å². The van der Waals surface area contributed by atoms with Crippen molar-refractivity contribution < 1.29 is 8.78 Å². The largest absolute Gasteiger partial charge is 0.317 e. The van der Waals surface area contributed by atoms with Gasteiger partial charge in [0.25, 0.3) is 6.43 Å². The van der Waals surface area contributed by atoms with Crippen molar-refractivity contribution in [3.05, 3.63) is 29.6 Å². The predicted octanol–water partition coefficient (Wildman–Crippen LogP) is 1.83. The SMILES string of the molecule is Cc1ccc(C(C)(N)C(F)F)cn1. The zero-order valence-corrected chi connectivity index (χ0v) is 7.59. The van der Waals surface area contributed by atoms with E-state index in [1.165, 1.54) is 13.1 Å². The molecule has 1 rings (SSSR count). The summed E-state index contributed by atoms with van der Waals surface area (Å²) in [5, 5.41) is 0. The van der Waals surface area contributed by atoms with E-state index in [1.54, 1.807) is 19.1 Å². The first-order valence-electron chi connectivity index (χ1n) is 3.94. The fourth-order valence-electron chi connectivity index (χ4n) is 0.912. The van der Waals surface area contributed by atoms with Gasteiger partial charge in [0.05, 0.1) is 0 Å². The molecular formula is C9H12F2N2. The Balaban J connectivity index is 3.01. The van der Waals surface area contributed by atoms with Crippen LogP contribution in [0, 0.1) is 6.92 Å². The average molecular weight is 186 g/mol. The Morgan fingerprint density at radius 2 is 2.08 bits per heavy atom. The lowest BCUT2D eigenvalue weighted by molar-refractivity contribution is 0.0623. The monoisotopic (exact) mass is 186 g/mol. The van der Waals surface area contributed by atoms with Crippen LogP contribution in [0.3, 0.4) is 0 Å². The number of alkyl halides is 2. The molecule has 2 N–H and O–H groups in total. The van der Waals surface area contributed by atoms with Crippen LogP contribution in [-0.2, 0) is 5.54 Å². The Hall–Kier alpha value is -1.03. The zero-order valence-electron chi connectivity index (χ0n) is 7.59. The van der Waals surface area contributed by atoms with Gasteiger partial charge < -0.3 is 5.73 Å². The van der Waals surface area contributed by atoms with Crippen molar-refractivity contribution in [3.63, 3.8) is 0 Å². The molecule has 0 radical (unpaired) electrons. The van der Waals surface area contributed by atoms with Crippen molar-refractivity contribution in [2.24, 2.45) is 5.73 Å². The summed E-state index contributed by atoms with van der Waals surface area (Å²) in [4.78, 5) is 3.91. The van der Waals surface area contributed by atoms with E-state index in [2.05, 4.69) is 4.98 Å². The standard InChI is InChI=1S/C9H12F2N2/c1-6-3-4-7(5-13-6)9(2,12)8(10)11/h3-5,8H,12H2,1-2H3. The molecule has 0 aliphatic heterocycles. The van der Waals surface area contributed by atoms with E-state index in [4.69, 9.17) is 5.73 Å². The predicted molar refractivity (Wildman–Crippen MR) is 46.5 cm³/mol. The Bertz CT molecular complexity index is 280. The van der Waals surface area contributed by atoms with E-state index >= 15 is 0 Å². The number of nitrogens with two attached hydrogens (primary N) is 1. The quantitative estimate of drug-likeness (QED) is 0.765. The van der Waals surface area contributed by atoms with Crippen LogP contribution in [0.1, 0.15) is 18.2 Å². The van der Waals surface area contributed by atoms with Gasteiger partial charge in [0.15, 0.2) is 0 Å². The molecule has 72 valence electrons. The molecule has 0 aliphatic carbocycles. The van der Waals surface area contributed by atoms with Gasteiger partial charge in [0.1, 0.15) is 5.54 Å². The second-order valence-corrected chi connectivity index (χ2v) is 3.27. The van der Waals surface area contributed by atoms with Gasteiger partial charge in [-0.25, -0.2) is 8.78 Å². The van der Waals surface area contributed by atoms with Crippen LogP contribution in [0.4, 0.5) is 8.78 Å². The highest BCUT2D eigenvalue weighted by Crippen LogP contribution is 2.24. The lowest BCUT2D eigenvalue weighted by Gasteiger charge is -2.23. The van der Waals surface area contributed by atoms with Crippen LogP contribution in [0.25, 0.3) is 0 Å². The maximum atomic E-state index is 12.4. The maximum absolute atomic E-state index is 12.4. The molecule has 4 heteroatoms. The van der Waals surface area contributed by atoms with Crippen LogP contribution in [0.2, 0.25) is 0 Å². The molecule has 0 aliphatic rings. The first kappa shape index (κ1) is 10.1. The number of aryl methyl sites for hydroxylation is 1. The van der Waals surface area contributed by atoms with Crippen molar-refractivity contribution in [3.8, 4) is 0 Å². The number of hydrogen-bond acceptors (Lipinski definition) is 2. The minimum Gasteiger partial charge on any atom is -0.317 e. The first-order chi connectivity index (χ1) is 5.94. The molecule has 1 aromatic heterocycles. The lowest BCUT2D eigenvalue weighted by atomic mass is 9.95. The number of pyridine rings is 1. The normalized spacial score (nSPS) is 15.8. The fourth-order valence-corrected chi connectivity index (χ4v) is 0.912. The van der Waals surface area contributed by atoms with Gasteiger partial charge in [0.2, 0.25) is 0 Å². The van der Waals surface area contributed by atoms with Gasteiger partial charge in [-0.2, -0.15) is 0 Å². The summed E-state index contributed by atoms with van der Waals surface area (Å²) in [5.41, 5.74) is 4.97. The van der Waals surface area contributed by atoms with Gasteiger partial charge in [0, 0.05) is 11.9 Å². The first-order valence-corrected chi connectivity index (χ1v) is 3.94. The molecule has 1 atom stereocenters. The third kappa shape index (κ3) is 2.01. The number of halogens is 2. The second-order valence-electron chi connectivity index (χ2n) is 3.27. The number of aromatic nitrogens is 1. The second kappa shape index (κ2) is 3.38. The molecule has 0 saturated heterocycles. The van der Waals surface area contributed by atoms with Crippen LogP contribution in [0.15, 0.2) is 18.3 Å². The molecule has 1 unspecified atom stereocenters. The molecule has 0 fully saturated rings. The van der Waals surface area contributed by atoms with Crippen LogP contribution in [-0.4, -0.2) is 11.4 Å². The maximum Gasteiger partial charge on any atom is 0.260 e. The zero-order chi connectivity index (χ0) is 10.1. The molecule has 1 heterocycles. The fraction of sp³-hybridized carbons (Fsp3) is 0.444. The summed E-state index contributed by atoms with van der Waals surface area (Å²) in [6.45, 7) is 3.09. The smallest absolute Gasteiger partial charge is 0.260 e. The molecule has 0 aromatic carbocycles. The van der Waals surface area contributed by atoms with E-state index in [-0.39, 0.29) is 0 Å². The van der Waals surface area contributed by atoms with Gasteiger partial charge in [-0.1, -0.05) is 6.07 Å². The van der Waals surface area contributed by atoms with E-state index in [9.17, 15) is 8.78 Å². The topological polar surface area (TPSA) is 38.9 Å². The highest BCUT2D eigenvalue weighted by atomic mass is 19.3. The van der Waals surface area contributed by atoms with E-state index in [0.717, 1.165) is 5.69 Å². The summed E-state index contributed by atoms with van der Waals surface area (Å²) in [7, 11) is 0. The summed E-state index contributed by atoms with van der Waals surface area (Å²) < 4.78 is 24.9. The summed E-state index contributed by atoms with van der Waals surface area (Å²) in [6, 6.07) is 3.25. The molecule has 0 amide bonds. The lowest BCUT2D eigenvalue weighted by Crippen LogP contribution is -2.40. The van der Waals surface area contributed by atoms with E-state index in [0.29, 0.717) is 5.56 Å². The minimum atomic E-state index is -2.59. The molecule has 0 spiro atoms. The number of rotatable bonds is 2. The number of nitrogens with zero attached hydrogens (tertiary/aromatic N) is 1. The summed E-state index contributed by atoms with van der Waals surface area (Å²) in [5.74, 6) is 0. The average Bonchev–Trinajstić information content (AvgIpc) is 2.04. The third-order valence-electron chi connectivity index (χ3n) is 1.99. The molecular weight excluding hydrogens is 174 g/mol. The van der Waals surface area contributed by atoms with Crippen LogP contribution in [0.5, 0.6) is 0 Å². The van der Waals surface area contributed by atoms with Gasteiger partial charge in [-0.15, -0.1) is 0 Å². The number of hydrogen-bond donors (Lipinski definition) is 1. The van der Waals surface area contributed by atoms with Gasteiger partial charge in [-0.05, 0) is 25.5 Å². The molecule has 0 bridgehead atoms. The van der Waals surface area contributed by atoms with Crippen molar-refractivity contribution in [1.29, 1.82) is 0 Å². The van der Waals surface area contributed by atoms with Crippen molar-refractivity contribution >= 4 is 0 Å². The van der Waals surface area contributed by atoms with E-state index in [1.807, 2.05) is 0 Å². The van der Waals surface area contributed by atoms with Crippen molar-refractivity contribution in [1.82, 2.24) is 4.98 Å². The molecule has 1 aromatic rings. The van der Waals surface area contributed by atoms with Crippen LogP contribution >= 0.6 is 0 Å². The van der Waals surface area contributed by atoms with Gasteiger partial charge >= 0.3 is 0 Å². The molecule has 13 heavy (non-hydrogen) atoms.